The smallest absolute Gasteiger partial charge is 0.123 e. The van der Waals surface area contributed by atoms with Gasteiger partial charge in [-0.1, -0.05) is 18.5 Å². The Bertz CT molecular complexity index is 654. The van der Waals surface area contributed by atoms with Gasteiger partial charge in [0.2, 0.25) is 0 Å². The van der Waals surface area contributed by atoms with Gasteiger partial charge in [-0.2, -0.15) is 0 Å². The first-order chi connectivity index (χ1) is 9.11. The molecule has 1 aromatic carbocycles. The zero-order valence-corrected chi connectivity index (χ0v) is 11.4. The number of phenols is 1. The highest BCUT2D eigenvalue weighted by atomic mass is 35.5. The summed E-state index contributed by atoms with van der Waals surface area (Å²) in [7, 11) is 0. The summed E-state index contributed by atoms with van der Waals surface area (Å²) in [5, 5.41) is 18.5. The van der Waals surface area contributed by atoms with Crippen LogP contribution in [0.3, 0.4) is 0 Å². The average molecular weight is 275 g/mol. The normalized spacial score (nSPS) is 11.1. The lowest BCUT2D eigenvalue weighted by Crippen LogP contribution is -1.98. The van der Waals surface area contributed by atoms with E-state index in [4.69, 9.17) is 17.0 Å². The van der Waals surface area contributed by atoms with Crippen molar-refractivity contribution in [3.05, 3.63) is 58.2 Å². The maximum absolute atomic E-state index is 9.92. The summed E-state index contributed by atoms with van der Waals surface area (Å²) in [4.78, 5) is 0. The topological polar surface area (TPSA) is 49.0 Å². The summed E-state index contributed by atoms with van der Waals surface area (Å²) >= 11 is 6.13. The van der Waals surface area contributed by atoms with E-state index in [9.17, 15) is 5.11 Å². The number of benzene rings is 1. The Morgan fingerprint density at radius 2 is 1.95 bits per heavy atom. The van der Waals surface area contributed by atoms with Gasteiger partial charge in [0, 0.05) is 29.2 Å². The molecule has 2 rings (SSSR count). The van der Waals surface area contributed by atoms with Crippen LogP contribution in [0.4, 0.5) is 0 Å². The Balaban J connectivity index is 2.40. The Morgan fingerprint density at radius 3 is 2.58 bits per heavy atom. The summed E-state index contributed by atoms with van der Waals surface area (Å²) in [6.45, 7) is 2.00. The third-order valence-corrected chi connectivity index (χ3v) is 3.25. The van der Waals surface area contributed by atoms with Gasteiger partial charge < -0.3 is 15.1 Å². The van der Waals surface area contributed by atoms with Crippen LogP contribution in [0.5, 0.6) is 5.75 Å². The minimum atomic E-state index is 0.218. The number of nitrogens with one attached hydrogen (secondary N) is 1. The van der Waals surface area contributed by atoms with Crippen LogP contribution in [0.1, 0.15) is 18.1 Å². The molecule has 0 bridgehead atoms. The largest absolute Gasteiger partial charge is 0.507 e. The number of phenolic OH excluding ortho intramolecular Hbond substituents is 1. The molecule has 0 fully saturated rings. The van der Waals surface area contributed by atoms with Gasteiger partial charge in [0.25, 0.3) is 0 Å². The third-order valence-electron chi connectivity index (χ3n) is 2.90. The summed E-state index contributed by atoms with van der Waals surface area (Å²) < 4.78 is 1.82. The van der Waals surface area contributed by atoms with Crippen LogP contribution in [-0.2, 0) is 6.42 Å². The second-order valence-electron chi connectivity index (χ2n) is 4.16. The highest BCUT2D eigenvalue weighted by Gasteiger charge is 2.07. The van der Waals surface area contributed by atoms with Crippen molar-refractivity contribution in [1.29, 1.82) is 5.41 Å². The van der Waals surface area contributed by atoms with Crippen LogP contribution in [0.2, 0.25) is 5.02 Å². The first kappa shape index (κ1) is 13.4. The van der Waals surface area contributed by atoms with E-state index in [1.807, 2.05) is 23.8 Å². The monoisotopic (exact) mass is 274 g/mol. The second kappa shape index (κ2) is 5.76. The number of aromatic nitrogens is 1. The quantitative estimate of drug-likeness (QED) is 0.884. The van der Waals surface area contributed by atoms with Gasteiger partial charge in [-0.3, -0.25) is 0 Å². The lowest BCUT2D eigenvalue weighted by Gasteiger charge is -2.08. The maximum atomic E-state index is 9.92. The Morgan fingerprint density at radius 1 is 1.26 bits per heavy atom. The number of pyridine rings is 1. The number of nitrogens with zero attached hydrogens (tertiary/aromatic N) is 1. The van der Waals surface area contributed by atoms with Gasteiger partial charge >= 0.3 is 0 Å². The standard InChI is InChI=1S/C15H15ClN2O/c1-2-12-13(15(19)4-3-14(12)16)7-10-18-8-5-11(17)6-9-18/h3-10,17,19H,2H2,1H3. The minimum Gasteiger partial charge on any atom is -0.507 e. The number of hydrogen-bond donors (Lipinski definition) is 2. The summed E-state index contributed by atoms with van der Waals surface area (Å²) in [5.74, 6) is 0.218. The van der Waals surface area contributed by atoms with Crippen molar-refractivity contribution in [1.82, 2.24) is 4.57 Å². The molecule has 4 heteroatoms. The predicted molar refractivity (Wildman–Crippen MR) is 78.0 cm³/mol. The van der Waals surface area contributed by atoms with Crippen LogP contribution in [0.15, 0.2) is 36.7 Å². The average Bonchev–Trinajstić information content (AvgIpc) is 2.41. The van der Waals surface area contributed by atoms with E-state index in [0.717, 1.165) is 17.5 Å². The molecule has 19 heavy (non-hydrogen) atoms. The van der Waals surface area contributed by atoms with E-state index in [1.54, 1.807) is 36.7 Å². The number of halogens is 1. The highest BCUT2D eigenvalue weighted by Crippen LogP contribution is 2.29. The van der Waals surface area contributed by atoms with Gasteiger partial charge in [-0.15, -0.1) is 0 Å². The van der Waals surface area contributed by atoms with E-state index in [-0.39, 0.29) is 5.75 Å². The molecule has 1 aromatic heterocycles. The lowest BCUT2D eigenvalue weighted by molar-refractivity contribution is 0.473. The lowest BCUT2D eigenvalue weighted by atomic mass is 10.0. The van der Waals surface area contributed by atoms with E-state index in [1.165, 1.54) is 0 Å². The molecule has 0 aliphatic rings. The summed E-state index contributed by atoms with van der Waals surface area (Å²) in [5.41, 5.74) is 1.66. The molecule has 0 aliphatic carbocycles. The zero-order valence-electron chi connectivity index (χ0n) is 10.6. The van der Waals surface area contributed by atoms with Gasteiger partial charge in [-0.05, 0) is 42.3 Å². The Hall–Kier alpha value is -2.00. The molecule has 0 saturated carbocycles. The Labute approximate surface area is 116 Å². The fraction of sp³-hybridized carbons (Fsp3) is 0.133. The molecule has 0 unspecified atom stereocenters. The summed E-state index contributed by atoms with van der Waals surface area (Å²) in [6.07, 6.45) is 7.97. The van der Waals surface area contributed by atoms with Crippen LogP contribution >= 0.6 is 11.6 Å². The molecule has 1 heterocycles. The van der Waals surface area contributed by atoms with E-state index < -0.39 is 0 Å². The van der Waals surface area contributed by atoms with Gasteiger partial charge in [0.1, 0.15) is 5.75 Å². The van der Waals surface area contributed by atoms with Crippen molar-refractivity contribution in [2.24, 2.45) is 0 Å². The molecular formula is C15H15ClN2O. The third kappa shape index (κ3) is 3.06. The number of hydrogen-bond acceptors (Lipinski definition) is 2. The first-order valence-corrected chi connectivity index (χ1v) is 6.40. The van der Waals surface area contributed by atoms with Crippen molar-refractivity contribution >= 4 is 23.9 Å². The van der Waals surface area contributed by atoms with Gasteiger partial charge in [0.15, 0.2) is 0 Å². The molecule has 0 amide bonds. The number of rotatable bonds is 3. The minimum absolute atomic E-state index is 0.218. The molecule has 0 spiro atoms. The fourth-order valence-corrected chi connectivity index (χ4v) is 2.17. The molecule has 2 N–H and O–H groups in total. The fourth-order valence-electron chi connectivity index (χ4n) is 1.87. The molecule has 0 radical (unpaired) electrons. The van der Waals surface area contributed by atoms with E-state index in [2.05, 4.69) is 0 Å². The SMILES string of the molecule is CCc1c(Cl)ccc(O)c1C=Cn1ccc(=N)cc1. The molecular weight excluding hydrogens is 260 g/mol. The van der Waals surface area contributed by atoms with Crippen molar-refractivity contribution in [3.8, 4) is 5.75 Å². The first-order valence-electron chi connectivity index (χ1n) is 6.02. The van der Waals surface area contributed by atoms with Crippen LogP contribution in [0, 0.1) is 5.41 Å². The van der Waals surface area contributed by atoms with E-state index >= 15 is 0 Å². The Kier molecular flexibility index (Phi) is 4.07. The van der Waals surface area contributed by atoms with E-state index in [0.29, 0.717) is 10.4 Å². The van der Waals surface area contributed by atoms with Crippen LogP contribution in [-0.4, -0.2) is 9.67 Å². The maximum Gasteiger partial charge on any atom is 0.123 e. The molecule has 0 atom stereocenters. The molecule has 3 nitrogen and oxygen atoms in total. The van der Waals surface area contributed by atoms with Crippen molar-refractivity contribution in [2.45, 2.75) is 13.3 Å². The van der Waals surface area contributed by atoms with Gasteiger partial charge in [-0.25, -0.2) is 0 Å². The predicted octanol–water partition coefficient (Wildman–Crippen LogP) is 3.52. The molecule has 2 aromatic rings. The van der Waals surface area contributed by atoms with Gasteiger partial charge in [0.05, 0.1) is 5.36 Å². The van der Waals surface area contributed by atoms with Crippen molar-refractivity contribution in [2.75, 3.05) is 0 Å². The van der Waals surface area contributed by atoms with Crippen molar-refractivity contribution in [3.63, 3.8) is 0 Å². The van der Waals surface area contributed by atoms with Crippen LogP contribution in [0.25, 0.3) is 12.3 Å². The van der Waals surface area contributed by atoms with Crippen LogP contribution < -0.4 is 5.36 Å². The molecule has 0 aliphatic heterocycles. The number of aromatic hydroxyl groups is 1. The molecule has 0 saturated heterocycles. The zero-order chi connectivity index (χ0) is 13.8. The molecule has 98 valence electrons. The van der Waals surface area contributed by atoms with Crippen molar-refractivity contribution < 1.29 is 5.11 Å². The second-order valence-corrected chi connectivity index (χ2v) is 4.57. The summed E-state index contributed by atoms with van der Waals surface area (Å²) in [6, 6.07) is 6.69. The highest BCUT2D eigenvalue weighted by molar-refractivity contribution is 6.31.